The zero-order valence-electron chi connectivity index (χ0n) is 11.5. The molecule has 0 aliphatic carbocycles. The maximum absolute atomic E-state index is 11.8. The topological polar surface area (TPSA) is 81.9 Å². The van der Waals surface area contributed by atoms with Gasteiger partial charge >= 0.3 is 0 Å². The van der Waals surface area contributed by atoms with Gasteiger partial charge in [-0.2, -0.15) is 0 Å². The van der Waals surface area contributed by atoms with Gasteiger partial charge in [-0.1, -0.05) is 0 Å². The van der Waals surface area contributed by atoms with Crippen molar-refractivity contribution in [3.05, 3.63) is 36.0 Å². The van der Waals surface area contributed by atoms with Crippen LogP contribution in [0.15, 0.2) is 24.5 Å². The molecule has 2 heterocycles. The highest BCUT2D eigenvalue weighted by atomic mass is 16.5. The van der Waals surface area contributed by atoms with Crippen LogP contribution in [0.25, 0.3) is 0 Å². The molecule has 2 rings (SSSR count). The van der Waals surface area contributed by atoms with E-state index in [0.29, 0.717) is 25.6 Å². The number of aromatic nitrogens is 4. The minimum absolute atomic E-state index is 0.252. The van der Waals surface area contributed by atoms with E-state index in [1.165, 1.54) is 0 Å². The molecule has 2 aromatic rings. The highest BCUT2D eigenvalue weighted by Gasteiger charge is 2.08. The van der Waals surface area contributed by atoms with Crippen molar-refractivity contribution >= 4 is 5.91 Å². The first-order valence-corrected chi connectivity index (χ1v) is 6.43. The molecule has 7 heteroatoms. The number of rotatable bonds is 6. The number of imidazole rings is 1. The van der Waals surface area contributed by atoms with E-state index < -0.39 is 0 Å². The number of hydrogen-bond acceptors (Lipinski definition) is 5. The minimum Gasteiger partial charge on any atom is -0.477 e. The maximum Gasteiger partial charge on any atom is 0.271 e. The first-order chi connectivity index (χ1) is 9.70. The normalized spacial score (nSPS) is 10.3. The molecule has 0 saturated heterocycles. The average Bonchev–Trinajstić information content (AvgIpc) is 2.85. The van der Waals surface area contributed by atoms with Crippen LogP contribution in [0.1, 0.15) is 23.2 Å². The summed E-state index contributed by atoms with van der Waals surface area (Å²) in [6.07, 6.45) is 3.60. The first-order valence-electron chi connectivity index (χ1n) is 6.43. The van der Waals surface area contributed by atoms with E-state index in [2.05, 4.69) is 20.5 Å². The third kappa shape index (κ3) is 3.53. The minimum atomic E-state index is -0.252. The van der Waals surface area contributed by atoms with E-state index in [4.69, 9.17) is 4.74 Å². The summed E-state index contributed by atoms with van der Waals surface area (Å²) in [5.41, 5.74) is 0.274. The van der Waals surface area contributed by atoms with Crippen LogP contribution in [-0.2, 0) is 6.54 Å². The SMILES string of the molecule is CCOc1ccc(C(=O)NCCn2ccnc2C)nn1. The lowest BCUT2D eigenvalue weighted by Gasteiger charge is -2.07. The molecule has 1 N–H and O–H groups in total. The third-order valence-corrected chi connectivity index (χ3v) is 2.73. The van der Waals surface area contributed by atoms with Crippen LogP contribution in [0.3, 0.4) is 0 Å². The van der Waals surface area contributed by atoms with Gasteiger partial charge in [0.2, 0.25) is 5.88 Å². The molecule has 0 radical (unpaired) electrons. The largest absolute Gasteiger partial charge is 0.477 e. The number of carbonyl (C=O) groups is 1. The summed E-state index contributed by atoms with van der Waals surface area (Å²) < 4.78 is 7.13. The van der Waals surface area contributed by atoms with Crippen molar-refractivity contribution in [2.75, 3.05) is 13.2 Å². The van der Waals surface area contributed by atoms with Crippen LogP contribution in [0.2, 0.25) is 0 Å². The van der Waals surface area contributed by atoms with Gasteiger partial charge in [-0.05, 0) is 19.9 Å². The average molecular weight is 275 g/mol. The molecule has 0 aliphatic rings. The first kappa shape index (κ1) is 14.0. The highest BCUT2D eigenvalue weighted by molar-refractivity contribution is 5.92. The van der Waals surface area contributed by atoms with Crippen LogP contribution in [0, 0.1) is 6.92 Å². The van der Waals surface area contributed by atoms with Crippen molar-refractivity contribution < 1.29 is 9.53 Å². The number of nitrogens with one attached hydrogen (secondary N) is 1. The molecule has 0 aromatic carbocycles. The molecule has 0 bridgehead atoms. The van der Waals surface area contributed by atoms with Gasteiger partial charge in [-0.15, -0.1) is 10.2 Å². The van der Waals surface area contributed by atoms with Crippen LogP contribution < -0.4 is 10.1 Å². The lowest BCUT2D eigenvalue weighted by molar-refractivity contribution is 0.0946. The van der Waals surface area contributed by atoms with E-state index in [9.17, 15) is 4.79 Å². The molecule has 2 aromatic heterocycles. The second kappa shape index (κ2) is 6.65. The van der Waals surface area contributed by atoms with Crippen molar-refractivity contribution in [3.8, 4) is 5.88 Å². The zero-order valence-corrected chi connectivity index (χ0v) is 11.5. The number of carbonyl (C=O) groups excluding carboxylic acids is 1. The van der Waals surface area contributed by atoms with Gasteiger partial charge in [0.05, 0.1) is 6.61 Å². The smallest absolute Gasteiger partial charge is 0.271 e. The molecule has 0 saturated carbocycles. The second-order valence-corrected chi connectivity index (χ2v) is 4.11. The fraction of sp³-hybridized carbons (Fsp3) is 0.385. The summed E-state index contributed by atoms with van der Waals surface area (Å²) in [6, 6.07) is 3.22. The maximum atomic E-state index is 11.8. The van der Waals surface area contributed by atoms with E-state index in [-0.39, 0.29) is 11.6 Å². The molecule has 0 aliphatic heterocycles. The van der Waals surface area contributed by atoms with Crippen molar-refractivity contribution in [3.63, 3.8) is 0 Å². The molecule has 0 spiro atoms. The Morgan fingerprint density at radius 1 is 1.40 bits per heavy atom. The van der Waals surface area contributed by atoms with Crippen LogP contribution >= 0.6 is 0 Å². The van der Waals surface area contributed by atoms with E-state index >= 15 is 0 Å². The van der Waals surface area contributed by atoms with Crippen molar-refractivity contribution in [2.45, 2.75) is 20.4 Å². The Hall–Kier alpha value is -2.44. The van der Waals surface area contributed by atoms with E-state index in [0.717, 1.165) is 5.82 Å². The third-order valence-electron chi connectivity index (χ3n) is 2.73. The molecular weight excluding hydrogens is 258 g/mol. The summed E-state index contributed by atoms with van der Waals surface area (Å²) in [4.78, 5) is 16.0. The Bertz CT molecular complexity index is 564. The summed E-state index contributed by atoms with van der Waals surface area (Å²) in [5, 5.41) is 10.4. The van der Waals surface area contributed by atoms with Crippen LogP contribution in [-0.4, -0.2) is 38.8 Å². The number of amides is 1. The van der Waals surface area contributed by atoms with Gasteiger partial charge in [0.1, 0.15) is 5.82 Å². The van der Waals surface area contributed by atoms with Crippen molar-refractivity contribution in [1.82, 2.24) is 25.1 Å². The van der Waals surface area contributed by atoms with Gasteiger partial charge in [-0.25, -0.2) is 4.98 Å². The predicted molar refractivity (Wildman–Crippen MR) is 72.5 cm³/mol. The van der Waals surface area contributed by atoms with Gasteiger partial charge in [0, 0.05) is 31.5 Å². The number of nitrogens with zero attached hydrogens (tertiary/aromatic N) is 4. The van der Waals surface area contributed by atoms with Gasteiger partial charge < -0.3 is 14.6 Å². The zero-order chi connectivity index (χ0) is 14.4. The van der Waals surface area contributed by atoms with Crippen LogP contribution in [0.5, 0.6) is 5.88 Å². The van der Waals surface area contributed by atoms with E-state index in [1.54, 1.807) is 18.3 Å². The van der Waals surface area contributed by atoms with E-state index in [1.807, 2.05) is 24.6 Å². The number of aryl methyl sites for hydroxylation is 1. The summed E-state index contributed by atoms with van der Waals surface area (Å²) >= 11 is 0. The molecule has 20 heavy (non-hydrogen) atoms. The summed E-state index contributed by atoms with van der Waals surface area (Å²) in [7, 11) is 0. The van der Waals surface area contributed by atoms with Gasteiger partial charge in [0.25, 0.3) is 5.91 Å². The standard InChI is InChI=1S/C13H17N5O2/c1-3-20-12-5-4-11(16-17-12)13(19)15-7-9-18-8-6-14-10(18)2/h4-6,8H,3,7,9H2,1-2H3,(H,15,19). The molecule has 1 amide bonds. The lowest BCUT2D eigenvalue weighted by Crippen LogP contribution is -2.28. The molecular formula is C13H17N5O2. The Morgan fingerprint density at radius 3 is 2.85 bits per heavy atom. The molecule has 106 valence electrons. The Kier molecular flexibility index (Phi) is 4.65. The molecule has 0 unspecified atom stereocenters. The quantitative estimate of drug-likeness (QED) is 0.843. The van der Waals surface area contributed by atoms with Crippen molar-refractivity contribution in [2.24, 2.45) is 0 Å². The second-order valence-electron chi connectivity index (χ2n) is 4.11. The summed E-state index contributed by atoms with van der Waals surface area (Å²) in [6.45, 7) is 5.47. The number of ether oxygens (including phenoxy) is 1. The van der Waals surface area contributed by atoms with Gasteiger partial charge in [0.15, 0.2) is 5.69 Å². The van der Waals surface area contributed by atoms with Gasteiger partial charge in [-0.3, -0.25) is 4.79 Å². The summed E-state index contributed by atoms with van der Waals surface area (Å²) in [5.74, 6) is 1.08. The van der Waals surface area contributed by atoms with Crippen LogP contribution in [0.4, 0.5) is 0 Å². The highest BCUT2D eigenvalue weighted by Crippen LogP contribution is 2.04. The fourth-order valence-electron chi connectivity index (χ4n) is 1.69. The fourth-order valence-corrected chi connectivity index (χ4v) is 1.69. The molecule has 7 nitrogen and oxygen atoms in total. The molecule has 0 atom stereocenters. The Morgan fingerprint density at radius 2 is 2.25 bits per heavy atom. The molecule has 0 fully saturated rings. The monoisotopic (exact) mass is 275 g/mol. The predicted octanol–water partition coefficient (Wildman–Crippen LogP) is 0.810. The van der Waals surface area contributed by atoms with Crippen molar-refractivity contribution in [1.29, 1.82) is 0 Å². The Balaban J connectivity index is 1.84. The number of hydrogen-bond donors (Lipinski definition) is 1. The Labute approximate surface area is 117 Å². The lowest BCUT2D eigenvalue weighted by atomic mass is 10.3.